The van der Waals surface area contributed by atoms with Crippen LogP contribution < -0.4 is 5.32 Å². The van der Waals surface area contributed by atoms with Gasteiger partial charge in [-0.15, -0.1) is 5.10 Å². The molecule has 1 N–H and O–H groups in total. The average Bonchev–Trinajstić information content (AvgIpc) is 2.80. The van der Waals surface area contributed by atoms with Crippen LogP contribution in [-0.4, -0.2) is 72.2 Å². The molecule has 32 heavy (non-hydrogen) atoms. The molecule has 0 saturated carbocycles. The summed E-state index contributed by atoms with van der Waals surface area (Å²) < 4.78 is 10.4. The molecule has 2 heterocycles. The number of halogens is 2. The van der Waals surface area contributed by atoms with Crippen LogP contribution in [0.5, 0.6) is 0 Å². The second-order valence-electron chi connectivity index (χ2n) is 7.18. The molecule has 8 nitrogen and oxygen atoms in total. The molecule has 1 saturated heterocycles. The first-order valence-corrected chi connectivity index (χ1v) is 11.7. The number of ether oxygens (including phenoxy) is 2. The molecule has 2 aromatic rings. The van der Waals surface area contributed by atoms with Crippen LogP contribution in [0.25, 0.3) is 0 Å². The first kappa shape index (κ1) is 24.7. The second kappa shape index (κ2) is 12.4. The number of esters is 1. The number of nitrogens with one attached hydrogen (secondary N) is 1. The van der Waals surface area contributed by atoms with Crippen LogP contribution in [0.4, 0.5) is 0 Å². The highest BCUT2D eigenvalue weighted by molar-refractivity contribution is 7.99. The molecule has 0 unspecified atom stereocenters. The minimum atomic E-state index is -0.375. The van der Waals surface area contributed by atoms with Crippen LogP contribution in [0.3, 0.4) is 0 Å². The molecule has 0 radical (unpaired) electrons. The Morgan fingerprint density at radius 2 is 2.09 bits per heavy atom. The van der Waals surface area contributed by atoms with E-state index in [1.54, 1.807) is 18.2 Å². The normalized spacial score (nSPS) is 16.5. The predicted octanol–water partition coefficient (Wildman–Crippen LogP) is 2.61. The third kappa shape index (κ3) is 7.90. The van der Waals surface area contributed by atoms with Gasteiger partial charge in [0.1, 0.15) is 5.03 Å². The summed E-state index contributed by atoms with van der Waals surface area (Å²) in [5.74, 6) is -0.273. The van der Waals surface area contributed by atoms with Gasteiger partial charge in [0, 0.05) is 26.2 Å². The van der Waals surface area contributed by atoms with Crippen LogP contribution >= 0.6 is 35.0 Å². The number of carbonyl (C=O) groups excluding carboxylic acids is 2. The SMILES string of the molecule is COC(=O)Cc1ccc(SCC(=O)NC[C@H]2CN(Cc3ccc(Cl)c(Cl)c3)CCO2)nn1. The van der Waals surface area contributed by atoms with E-state index in [-0.39, 0.29) is 30.2 Å². The van der Waals surface area contributed by atoms with Crippen molar-refractivity contribution < 1.29 is 19.1 Å². The summed E-state index contributed by atoms with van der Waals surface area (Å²) in [6.07, 6.45) is -0.0175. The number of carbonyl (C=O) groups is 2. The Bertz CT molecular complexity index is 933. The fraction of sp³-hybridized carbons (Fsp3) is 0.429. The number of hydrogen-bond acceptors (Lipinski definition) is 8. The molecule has 1 atom stereocenters. The van der Waals surface area contributed by atoms with E-state index >= 15 is 0 Å². The summed E-state index contributed by atoms with van der Waals surface area (Å²) in [6.45, 7) is 3.29. The number of aromatic nitrogens is 2. The number of thioether (sulfide) groups is 1. The number of morpholine rings is 1. The van der Waals surface area contributed by atoms with Gasteiger partial charge in [-0.05, 0) is 29.8 Å². The Labute approximate surface area is 200 Å². The third-order valence-corrected chi connectivity index (χ3v) is 6.40. The van der Waals surface area contributed by atoms with Crippen LogP contribution in [-0.2, 0) is 32.0 Å². The molecular formula is C21H24Cl2N4O4S. The molecule has 0 bridgehead atoms. The summed E-state index contributed by atoms with van der Waals surface area (Å²) in [5, 5.41) is 12.6. The standard InChI is InChI=1S/C21H24Cl2N4O4S/c1-30-21(29)9-15-3-5-20(26-25-15)32-13-19(28)24-10-16-12-27(6-7-31-16)11-14-2-4-17(22)18(23)8-14/h2-5,8,16H,6-7,9-13H2,1H3,(H,24,28)/t16-/m0/s1. The zero-order valence-electron chi connectivity index (χ0n) is 17.6. The minimum absolute atomic E-state index is 0.0679. The van der Waals surface area contributed by atoms with Gasteiger partial charge < -0.3 is 14.8 Å². The molecule has 0 aliphatic carbocycles. The van der Waals surface area contributed by atoms with E-state index in [1.807, 2.05) is 12.1 Å². The first-order valence-electron chi connectivity index (χ1n) is 9.99. The molecule has 1 amide bonds. The number of rotatable bonds is 9. The number of amides is 1. The number of methoxy groups -OCH3 is 1. The quantitative estimate of drug-likeness (QED) is 0.416. The average molecular weight is 499 g/mol. The largest absolute Gasteiger partial charge is 0.469 e. The zero-order valence-corrected chi connectivity index (χ0v) is 19.9. The molecule has 1 aromatic heterocycles. The van der Waals surface area contributed by atoms with E-state index in [0.29, 0.717) is 40.5 Å². The van der Waals surface area contributed by atoms with E-state index in [9.17, 15) is 9.59 Å². The zero-order chi connectivity index (χ0) is 22.9. The van der Waals surface area contributed by atoms with Crippen molar-refractivity contribution in [3.05, 3.63) is 51.6 Å². The number of nitrogens with zero attached hydrogens (tertiary/aromatic N) is 3. The predicted molar refractivity (Wildman–Crippen MR) is 123 cm³/mol. The highest BCUT2D eigenvalue weighted by atomic mass is 35.5. The van der Waals surface area contributed by atoms with Crippen LogP contribution in [0.1, 0.15) is 11.3 Å². The van der Waals surface area contributed by atoms with Crippen molar-refractivity contribution in [3.63, 3.8) is 0 Å². The number of benzene rings is 1. The Morgan fingerprint density at radius 1 is 1.25 bits per heavy atom. The minimum Gasteiger partial charge on any atom is -0.469 e. The van der Waals surface area contributed by atoms with Gasteiger partial charge >= 0.3 is 5.97 Å². The monoisotopic (exact) mass is 498 g/mol. The Hall–Kier alpha value is -1.91. The van der Waals surface area contributed by atoms with Crippen molar-refractivity contribution in [1.82, 2.24) is 20.4 Å². The van der Waals surface area contributed by atoms with E-state index in [0.717, 1.165) is 18.7 Å². The molecule has 11 heteroatoms. The van der Waals surface area contributed by atoms with Crippen molar-refractivity contribution >= 4 is 46.8 Å². The second-order valence-corrected chi connectivity index (χ2v) is 8.99. The van der Waals surface area contributed by atoms with Gasteiger partial charge in [-0.2, -0.15) is 5.10 Å². The summed E-state index contributed by atoms with van der Waals surface area (Å²) in [4.78, 5) is 25.7. The summed E-state index contributed by atoms with van der Waals surface area (Å²) in [6, 6.07) is 9.06. The van der Waals surface area contributed by atoms with Crippen molar-refractivity contribution in [1.29, 1.82) is 0 Å². The van der Waals surface area contributed by atoms with Crippen molar-refractivity contribution in [3.8, 4) is 0 Å². The molecule has 3 rings (SSSR count). The van der Waals surface area contributed by atoms with Crippen LogP contribution in [0, 0.1) is 0 Å². The smallest absolute Gasteiger partial charge is 0.311 e. The molecular weight excluding hydrogens is 475 g/mol. The van der Waals surface area contributed by atoms with Gasteiger partial charge in [-0.3, -0.25) is 14.5 Å². The fourth-order valence-electron chi connectivity index (χ4n) is 3.10. The van der Waals surface area contributed by atoms with Crippen molar-refractivity contribution in [2.75, 3.05) is 39.1 Å². The van der Waals surface area contributed by atoms with Crippen LogP contribution in [0.2, 0.25) is 10.0 Å². The molecule has 1 aromatic carbocycles. The van der Waals surface area contributed by atoms with Gasteiger partial charge in [0.2, 0.25) is 5.91 Å². The van der Waals surface area contributed by atoms with Gasteiger partial charge in [0.25, 0.3) is 0 Å². The summed E-state index contributed by atoms with van der Waals surface area (Å²) >= 11 is 13.4. The van der Waals surface area contributed by atoms with E-state index in [1.165, 1.54) is 18.9 Å². The molecule has 1 aliphatic heterocycles. The van der Waals surface area contributed by atoms with Gasteiger partial charge in [-0.1, -0.05) is 41.0 Å². The maximum Gasteiger partial charge on any atom is 0.311 e. The molecule has 172 valence electrons. The molecule has 0 spiro atoms. The lowest BCUT2D eigenvalue weighted by molar-refractivity contribution is -0.139. The van der Waals surface area contributed by atoms with Crippen LogP contribution in [0.15, 0.2) is 35.4 Å². The molecule has 1 fully saturated rings. The lowest BCUT2D eigenvalue weighted by Crippen LogP contribution is -2.47. The highest BCUT2D eigenvalue weighted by Crippen LogP contribution is 2.23. The van der Waals surface area contributed by atoms with E-state index in [2.05, 4.69) is 25.2 Å². The third-order valence-electron chi connectivity index (χ3n) is 4.74. The van der Waals surface area contributed by atoms with E-state index in [4.69, 9.17) is 27.9 Å². The topological polar surface area (TPSA) is 93.7 Å². The maximum atomic E-state index is 12.2. The maximum absolute atomic E-state index is 12.2. The Balaban J connectivity index is 1.38. The summed E-state index contributed by atoms with van der Waals surface area (Å²) in [5.41, 5.74) is 1.60. The fourth-order valence-corrected chi connectivity index (χ4v) is 4.07. The van der Waals surface area contributed by atoms with E-state index < -0.39 is 0 Å². The van der Waals surface area contributed by atoms with Gasteiger partial charge in [-0.25, -0.2) is 0 Å². The van der Waals surface area contributed by atoms with Crippen molar-refractivity contribution in [2.24, 2.45) is 0 Å². The van der Waals surface area contributed by atoms with Gasteiger partial charge in [0.15, 0.2) is 0 Å². The number of hydrogen-bond donors (Lipinski definition) is 1. The Kier molecular flexibility index (Phi) is 9.55. The lowest BCUT2D eigenvalue weighted by atomic mass is 10.2. The first-order chi connectivity index (χ1) is 15.4. The Morgan fingerprint density at radius 3 is 2.81 bits per heavy atom. The van der Waals surface area contributed by atoms with Crippen molar-refractivity contribution in [2.45, 2.75) is 24.1 Å². The van der Waals surface area contributed by atoms with Gasteiger partial charge in [0.05, 0.1) is 47.7 Å². The summed E-state index contributed by atoms with van der Waals surface area (Å²) in [7, 11) is 1.32. The highest BCUT2D eigenvalue weighted by Gasteiger charge is 2.21. The molecule has 1 aliphatic rings. The lowest BCUT2D eigenvalue weighted by Gasteiger charge is -2.33.